The summed E-state index contributed by atoms with van der Waals surface area (Å²) in [5.41, 5.74) is 5.89. The Kier molecular flexibility index (Phi) is 10.8. The van der Waals surface area contributed by atoms with Crippen molar-refractivity contribution in [3.05, 3.63) is 0 Å². The van der Waals surface area contributed by atoms with Gasteiger partial charge in [-0.25, -0.2) is 0 Å². The standard InChI is InChI=1S/C13H29N3O3/c1-15(2)7-5-8-16(9-11-19-4)13(17)12(14)6-10-18-3/h12H,5-11,14H2,1-4H3. The van der Waals surface area contributed by atoms with Crippen LogP contribution in [0.1, 0.15) is 12.8 Å². The van der Waals surface area contributed by atoms with E-state index in [0.717, 1.165) is 13.0 Å². The van der Waals surface area contributed by atoms with Gasteiger partial charge < -0.3 is 25.0 Å². The van der Waals surface area contributed by atoms with Crippen molar-refractivity contribution in [3.8, 4) is 0 Å². The number of hydrogen-bond donors (Lipinski definition) is 1. The fourth-order valence-corrected chi connectivity index (χ4v) is 1.71. The molecule has 0 spiro atoms. The Morgan fingerprint density at radius 2 is 1.74 bits per heavy atom. The lowest BCUT2D eigenvalue weighted by molar-refractivity contribution is -0.133. The van der Waals surface area contributed by atoms with E-state index in [0.29, 0.717) is 32.7 Å². The van der Waals surface area contributed by atoms with Gasteiger partial charge in [0.05, 0.1) is 12.6 Å². The second kappa shape index (κ2) is 11.2. The van der Waals surface area contributed by atoms with E-state index in [4.69, 9.17) is 15.2 Å². The molecule has 1 atom stereocenters. The first kappa shape index (κ1) is 18.3. The molecule has 19 heavy (non-hydrogen) atoms. The first-order chi connectivity index (χ1) is 9.02. The zero-order valence-corrected chi connectivity index (χ0v) is 12.7. The molecule has 0 aliphatic rings. The Hall–Kier alpha value is -0.690. The second-order valence-corrected chi connectivity index (χ2v) is 4.86. The Morgan fingerprint density at radius 1 is 1.11 bits per heavy atom. The highest BCUT2D eigenvalue weighted by molar-refractivity contribution is 5.81. The minimum absolute atomic E-state index is 0.0205. The zero-order chi connectivity index (χ0) is 14.7. The third-order valence-electron chi connectivity index (χ3n) is 2.86. The summed E-state index contributed by atoms with van der Waals surface area (Å²) >= 11 is 0. The van der Waals surface area contributed by atoms with Crippen LogP contribution in [0.25, 0.3) is 0 Å². The second-order valence-electron chi connectivity index (χ2n) is 4.86. The summed E-state index contributed by atoms with van der Waals surface area (Å²) in [5, 5.41) is 0. The summed E-state index contributed by atoms with van der Waals surface area (Å²) < 4.78 is 10.00. The highest BCUT2D eigenvalue weighted by Gasteiger charge is 2.20. The van der Waals surface area contributed by atoms with Crippen molar-refractivity contribution in [3.63, 3.8) is 0 Å². The molecule has 114 valence electrons. The Morgan fingerprint density at radius 3 is 2.26 bits per heavy atom. The number of carbonyl (C=O) groups excluding carboxylic acids is 1. The number of carbonyl (C=O) groups is 1. The molecule has 0 heterocycles. The third kappa shape index (κ3) is 8.93. The topological polar surface area (TPSA) is 68.0 Å². The van der Waals surface area contributed by atoms with E-state index in [1.807, 2.05) is 14.1 Å². The predicted molar refractivity (Wildman–Crippen MR) is 76.1 cm³/mol. The van der Waals surface area contributed by atoms with E-state index in [1.54, 1.807) is 19.1 Å². The molecule has 0 aliphatic heterocycles. The van der Waals surface area contributed by atoms with E-state index in [2.05, 4.69) is 4.90 Å². The lowest BCUT2D eigenvalue weighted by Crippen LogP contribution is -2.46. The van der Waals surface area contributed by atoms with Crippen molar-refractivity contribution >= 4 is 5.91 Å². The van der Waals surface area contributed by atoms with Crippen LogP contribution in [-0.4, -0.2) is 82.9 Å². The maximum atomic E-state index is 12.2. The minimum Gasteiger partial charge on any atom is -0.385 e. The van der Waals surface area contributed by atoms with Crippen LogP contribution < -0.4 is 5.73 Å². The molecule has 1 amide bonds. The smallest absolute Gasteiger partial charge is 0.239 e. The van der Waals surface area contributed by atoms with Gasteiger partial charge in [-0.1, -0.05) is 0 Å². The fraction of sp³-hybridized carbons (Fsp3) is 0.923. The number of hydrogen-bond acceptors (Lipinski definition) is 5. The maximum Gasteiger partial charge on any atom is 0.239 e. The Bertz CT molecular complexity index is 237. The predicted octanol–water partition coefficient (Wildman–Crippen LogP) is -0.223. The molecule has 0 bridgehead atoms. The molecule has 6 nitrogen and oxygen atoms in total. The van der Waals surface area contributed by atoms with Gasteiger partial charge in [-0.2, -0.15) is 0 Å². The molecular weight excluding hydrogens is 246 g/mol. The molecule has 1 unspecified atom stereocenters. The summed E-state index contributed by atoms with van der Waals surface area (Å²) in [4.78, 5) is 16.1. The molecule has 0 radical (unpaired) electrons. The number of ether oxygens (including phenoxy) is 2. The number of amides is 1. The minimum atomic E-state index is -0.490. The fourth-order valence-electron chi connectivity index (χ4n) is 1.71. The van der Waals surface area contributed by atoms with Crippen molar-refractivity contribution in [2.45, 2.75) is 18.9 Å². The van der Waals surface area contributed by atoms with Gasteiger partial charge in [-0.15, -0.1) is 0 Å². The van der Waals surface area contributed by atoms with Gasteiger partial charge in [-0.05, 0) is 33.5 Å². The lowest BCUT2D eigenvalue weighted by atomic mass is 10.2. The molecule has 0 fully saturated rings. The van der Waals surface area contributed by atoms with Gasteiger partial charge in [-0.3, -0.25) is 4.79 Å². The molecular formula is C13H29N3O3. The lowest BCUT2D eigenvalue weighted by Gasteiger charge is -2.26. The van der Waals surface area contributed by atoms with Crippen LogP contribution in [0.2, 0.25) is 0 Å². The van der Waals surface area contributed by atoms with E-state index >= 15 is 0 Å². The van der Waals surface area contributed by atoms with Crippen LogP contribution >= 0.6 is 0 Å². The van der Waals surface area contributed by atoms with Crippen LogP contribution in [0.3, 0.4) is 0 Å². The van der Waals surface area contributed by atoms with Gasteiger partial charge in [0.15, 0.2) is 0 Å². The summed E-state index contributed by atoms with van der Waals surface area (Å²) in [7, 11) is 7.28. The molecule has 6 heteroatoms. The molecule has 0 aromatic rings. The summed E-state index contributed by atoms with van der Waals surface area (Å²) in [6.07, 6.45) is 1.48. The summed E-state index contributed by atoms with van der Waals surface area (Å²) in [6.45, 7) is 3.28. The van der Waals surface area contributed by atoms with E-state index in [1.165, 1.54) is 0 Å². The molecule has 0 saturated heterocycles. The monoisotopic (exact) mass is 275 g/mol. The van der Waals surface area contributed by atoms with E-state index < -0.39 is 6.04 Å². The summed E-state index contributed by atoms with van der Waals surface area (Å²) in [6, 6.07) is -0.490. The highest BCUT2D eigenvalue weighted by Crippen LogP contribution is 2.00. The largest absolute Gasteiger partial charge is 0.385 e. The molecule has 0 aromatic carbocycles. The highest BCUT2D eigenvalue weighted by atomic mass is 16.5. The number of nitrogens with two attached hydrogens (primary N) is 1. The summed E-state index contributed by atoms with van der Waals surface area (Å²) in [5.74, 6) is -0.0205. The van der Waals surface area contributed by atoms with E-state index in [-0.39, 0.29) is 5.91 Å². The SMILES string of the molecule is COCCC(N)C(=O)N(CCCN(C)C)CCOC. The zero-order valence-electron chi connectivity index (χ0n) is 12.7. The Balaban J connectivity index is 4.24. The van der Waals surface area contributed by atoms with Gasteiger partial charge in [0.1, 0.15) is 0 Å². The van der Waals surface area contributed by atoms with Crippen LogP contribution in [-0.2, 0) is 14.3 Å². The first-order valence-corrected chi connectivity index (χ1v) is 6.69. The normalized spacial score (nSPS) is 12.7. The van der Waals surface area contributed by atoms with Crippen LogP contribution in [0.15, 0.2) is 0 Å². The molecule has 0 saturated carbocycles. The van der Waals surface area contributed by atoms with Crippen LogP contribution in [0, 0.1) is 0 Å². The maximum absolute atomic E-state index is 12.2. The number of methoxy groups -OCH3 is 2. The van der Waals surface area contributed by atoms with Crippen molar-refractivity contribution < 1.29 is 14.3 Å². The first-order valence-electron chi connectivity index (χ1n) is 6.69. The van der Waals surface area contributed by atoms with E-state index in [9.17, 15) is 4.79 Å². The molecule has 0 aliphatic carbocycles. The molecule has 0 rings (SSSR count). The van der Waals surface area contributed by atoms with Gasteiger partial charge >= 0.3 is 0 Å². The average Bonchev–Trinajstić information content (AvgIpc) is 2.38. The molecule has 0 aromatic heterocycles. The van der Waals surface area contributed by atoms with Crippen molar-refractivity contribution in [1.82, 2.24) is 9.80 Å². The Labute approximate surface area is 116 Å². The number of rotatable bonds is 11. The van der Waals surface area contributed by atoms with Crippen LogP contribution in [0.5, 0.6) is 0 Å². The van der Waals surface area contributed by atoms with Gasteiger partial charge in [0.25, 0.3) is 0 Å². The van der Waals surface area contributed by atoms with Crippen molar-refractivity contribution in [2.24, 2.45) is 5.73 Å². The van der Waals surface area contributed by atoms with Crippen LogP contribution in [0.4, 0.5) is 0 Å². The van der Waals surface area contributed by atoms with Crippen molar-refractivity contribution in [1.29, 1.82) is 0 Å². The van der Waals surface area contributed by atoms with Crippen molar-refractivity contribution in [2.75, 3.05) is 61.2 Å². The van der Waals surface area contributed by atoms with Gasteiger partial charge in [0, 0.05) is 33.9 Å². The average molecular weight is 275 g/mol. The third-order valence-corrected chi connectivity index (χ3v) is 2.86. The quantitative estimate of drug-likeness (QED) is 0.564. The number of nitrogens with zero attached hydrogens (tertiary/aromatic N) is 2. The van der Waals surface area contributed by atoms with Gasteiger partial charge in [0.2, 0.25) is 5.91 Å². The molecule has 2 N–H and O–H groups in total.